The molecular formula is C10H22S. The normalized spacial score (nSPS) is 13.9. The Morgan fingerprint density at radius 3 is 2.18 bits per heavy atom. The second-order valence-corrected chi connectivity index (χ2v) is 4.08. The van der Waals surface area contributed by atoms with Gasteiger partial charge in [-0.25, -0.2) is 0 Å². The van der Waals surface area contributed by atoms with E-state index in [0.717, 1.165) is 17.6 Å². The maximum Gasteiger partial charge on any atom is -0.00979 e. The fourth-order valence-electron chi connectivity index (χ4n) is 1.53. The van der Waals surface area contributed by atoms with Crippen LogP contribution in [0, 0.1) is 11.8 Å². The standard InChI is InChI=1S/C10H22S/c1-4-10(9(2)3)7-5-6-8-11/h9-11H,4-8H2,1-3H3. The van der Waals surface area contributed by atoms with E-state index in [1.807, 2.05) is 0 Å². The highest BCUT2D eigenvalue weighted by atomic mass is 32.1. The van der Waals surface area contributed by atoms with Crippen LogP contribution in [-0.4, -0.2) is 5.75 Å². The molecule has 0 aromatic rings. The second kappa shape index (κ2) is 7.02. The van der Waals surface area contributed by atoms with Gasteiger partial charge in [0.25, 0.3) is 0 Å². The number of rotatable bonds is 6. The van der Waals surface area contributed by atoms with Gasteiger partial charge in [-0.1, -0.05) is 40.0 Å². The molecule has 68 valence electrons. The van der Waals surface area contributed by atoms with Crippen LogP contribution in [0.25, 0.3) is 0 Å². The predicted octanol–water partition coefficient (Wildman–Crippen LogP) is 3.77. The van der Waals surface area contributed by atoms with Crippen LogP contribution in [0.15, 0.2) is 0 Å². The molecule has 1 heteroatoms. The lowest BCUT2D eigenvalue weighted by Gasteiger charge is -2.18. The number of hydrogen-bond acceptors (Lipinski definition) is 1. The van der Waals surface area contributed by atoms with E-state index in [4.69, 9.17) is 0 Å². The Morgan fingerprint density at radius 2 is 1.82 bits per heavy atom. The summed E-state index contributed by atoms with van der Waals surface area (Å²) in [5.41, 5.74) is 0. The second-order valence-electron chi connectivity index (χ2n) is 3.63. The Balaban J connectivity index is 3.36. The summed E-state index contributed by atoms with van der Waals surface area (Å²) in [6.07, 6.45) is 5.38. The van der Waals surface area contributed by atoms with E-state index < -0.39 is 0 Å². The predicted molar refractivity (Wildman–Crippen MR) is 56.3 cm³/mol. The zero-order valence-corrected chi connectivity index (χ0v) is 9.03. The van der Waals surface area contributed by atoms with Gasteiger partial charge in [-0.3, -0.25) is 0 Å². The van der Waals surface area contributed by atoms with Crippen LogP contribution in [0.3, 0.4) is 0 Å². The third kappa shape index (κ3) is 5.60. The highest BCUT2D eigenvalue weighted by Crippen LogP contribution is 2.21. The molecule has 0 aliphatic heterocycles. The Morgan fingerprint density at radius 1 is 1.18 bits per heavy atom. The van der Waals surface area contributed by atoms with E-state index in [9.17, 15) is 0 Å². The molecule has 0 rings (SSSR count). The first-order valence-corrected chi connectivity index (χ1v) is 5.46. The Labute approximate surface area is 77.2 Å². The van der Waals surface area contributed by atoms with Crippen LogP contribution < -0.4 is 0 Å². The summed E-state index contributed by atoms with van der Waals surface area (Å²) in [6.45, 7) is 6.95. The largest absolute Gasteiger partial charge is 0.179 e. The maximum absolute atomic E-state index is 4.20. The smallest absolute Gasteiger partial charge is 0.00979 e. The monoisotopic (exact) mass is 174 g/mol. The van der Waals surface area contributed by atoms with Crippen molar-refractivity contribution in [3.05, 3.63) is 0 Å². The molecule has 0 N–H and O–H groups in total. The summed E-state index contributed by atoms with van der Waals surface area (Å²) in [5, 5.41) is 0. The van der Waals surface area contributed by atoms with Crippen LogP contribution in [0.2, 0.25) is 0 Å². The first-order valence-electron chi connectivity index (χ1n) is 4.83. The van der Waals surface area contributed by atoms with Gasteiger partial charge < -0.3 is 0 Å². The quantitative estimate of drug-likeness (QED) is 0.460. The Hall–Kier alpha value is 0.350. The summed E-state index contributed by atoms with van der Waals surface area (Å²) < 4.78 is 0. The highest BCUT2D eigenvalue weighted by Gasteiger charge is 2.09. The fraction of sp³-hybridized carbons (Fsp3) is 1.00. The minimum Gasteiger partial charge on any atom is -0.179 e. The highest BCUT2D eigenvalue weighted by molar-refractivity contribution is 7.80. The van der Waals surface area contributed by atoms with Gasteiger partial charge in [-0.05, 0) is 24.0 Å². The molecule has 0 aromatic heterocycles. The van der Waals surface area contributed by atoms with E-state index in [0.29, 0.717) is 0 Å². The van der Waals surface area contributed by atoms with E-state index in [1.165, 1.54) is 25.7 Å². The molecule has 0 amide bonds. The van der Waals surface area contributed by atoms with Gasteiger partial charge in [0.2, 0.25) is 0 Å². The van der Waals surface area contributed by atoms with Crippen molar-refractivity contribution in [1.82, 2.24) is 0 Å². The molecule has 0 nitrogen and oxygen atoms in total. The van der Waals surface area contributed by atoms with Crippen molar-refractivity contribution in [2.75, 3.05) is 5.75 Å². The molecule has 0 aliphatic carbocycles. The molecule has 1 unspecified atom stereocenters. The van der Waals surface area contributed by atoms with Crippen molar-refractivity contribution in [2.24, 2.45) is 11.8 Å². The number of hydrogen-bond donors (Lipinski definition) is 1. The van der Waals surface area contributed by atoms with Crippen molar-refractivity contribution >= 4 is 12.6 Å². The third-order valence-corrected chi connectivity index (χ3v) is 2.77. The lowest BCUT2D eigenvalue weighted by atomic mass is 9.89. The molecule has 1 atom stereocenters. The van der Waals surface area contributed by atoms with Crippen molar-refractivity contribution in [1.29, 1.82) is 0 Å². The van der Waals surface area contributed by atoms with Crippen LogP contribution in [0.1, 0.15) is 46.5 Å². The lowest BCUT2D eigenvalue weighted by Crippen LogP contribution is -2.07. The van der Waals surface area contributed by atoms with Crippen LogP contribution in [-0.2, 0) is 0 Å². The maximum atomic E-state index is 4.20. The minimum atomic E-state index is 0.861. The van der Waals surface area contributed by atoms with E-state index in [-0.39, 0.29) is 0 Å². The zero-order chi connectivity index (χ0) is 8.69. The van der Waals surface area contributed by atoms with Gasteiger partial charge in [0.05, 0.1) is 0 Å². The van der Waals surface area contributed by atoms with Gasteiger partial charge in [-0.15, -0.1) is 0 Å². The first-order chi connectivity index (χ1) is 5.22. The topological polar surface area (TPSA) is 0 Å². The van der Waals surface area contributed by atoms with E-state index in [1.54, 1.807) is 0 Å². The van der Waals surface area contributed by atoms with Crippen LogP contribution in [0.4, 0.5) is 0 Å². The van der Waals surface area contributed by atoms with Gasteiger partial charge in [0, 0.05) is 0 Å². The van der Waals surface area contributed by atoms with Gasteiger partial charge in [0.15, 0.2) is 0 Å². The third-order valence-electron chi connectivity index (χ3n) is 2.45. The van der Waals surface area contributed by atoms with Gasteiger partial charge >= 0.3 is 0 Å². The molecule has 11 heavy (non-hydrogen) atoms. The average Bonchev–Trinajstić information content (AvgIpc) is 1.97. The van der Waals surface area contributed by atoms with Gasteiger partial charge in [0.1, 0.15) is 0 Å². The number of unbranched alkanes of at least 4 members (excludes halogenated alkanes) is 1. The molecule has 0 heterocycles. The lowest BCUT2D eigenvalue weighted by molar-refractivity contribution is 0.340. The van der Waals surface area contributed by atoms with E-state index >= 15 is 0 Å². The minimum absolute atomic E-state index is 0.861. The molecular weight excluding hydrogens is 152 g/mol. The molecule has 0 radical (unpaired) electrons. The summed E-state index contributed by atoms with van der Waals surface area (Å²) in [4.78, 5) is 0. The average molecular weight is 174 g/mol. The van der Waals surface area contributed by atoms with Crippen molar-refractivity contribution in [2.45, 2.75) is 46.5 Å². The van der Waals surface area contributed by atoms with Crippen molar-refractivity contribution < 1.29 is 0 Å². The van der Waals surface area contributed by atoms with Crippen LogP contribution in [0.5, 0.6) is 0 Å². The fourth-order valence-corrected chi connectivity index (χ4v) is 1.75. The van der Waals surface area contributed by atoms with E-state index in [2.05, 4.69) is 33.4 Å². The van der Waals surface area contributed by atoms with Crippen LogP contribution >= 0.6 is 12.6 Å². The SMILES string of the molecule is CCC(CCCCS)C(C)C. The summed E-state index contributed by atoms with van der Waals surface area (Å²) in [7, 11) is 0. The summed E-state index contributed by atoms with van der Waals surface area (Å²) in [5.74, 6) is 2.85. The molecule has 0 fully saturated rings. The number of thiol groups is 1. The molecule has 0 saturated heterocycles. The molecule has 0 saturated carbocycles. The Bertz CT molecular complexity index is 78.9. The summed E-state index contributed by atoms with van der Waals surface area (Å²) in [6, 6.07) is 0. The van der Waals surface area contributed by atoms with Gasteiger partial charge in [-0.2, -0.15) is 12.6 Å². The summed E-state index contributed by atoms with van der Waals surface area (Å²) >= 11 is 4.20. The zero-order valence-electron chi connectivity index (χ0n) is 8.14. The molecule has 0 bridgehead atoms. The molecule has 0 aromatic carbocycles. The first kappa shape index (κ1) is 11.4. The van der Waals surface area contributed by atoms with Crippen molar-refractivity contribution in [3.63, 3.8) is 0 Å². The molecule has 0 spiro atoms. The van der Waals surface area contributed by atoms with Crippen molar-refractivity contribution in [3.8, 4) is 0 Å². The Kier molecular flexibility index (Phi) is 7.25. The molecule has 0 aliphatic rings.